The third kappa shape index (κ3) is 3.97. The molecule has 2 N–H and O–H groups in total. The summed E-state index contributed by atoms with van der Waals surface area (Å²) in [5.74, 6) is 0.506. The van der Waals surface area contributed by atoms with Crippen LogP contribution in [0.25, 0.3) is 0 Å². The van der Waals surface area contributed by atoms with Crippen molar-refractivity contribution in [2.24, 2.45) is 5.92 Å². The minimum absolute atomic E-state index is 0.0575. The number of nitrogens with one attached hydrogen (secondary N) is 2. The zero-order chi connectivity index (χ0) is 13.0. The third-order valence-corrected chi connectivity index (χ3v) is 4.31. The number of carbonyl (C=O) groups is 1. The summed E-state index contributed by atoms with van der Waals surface area (Å²) in [5.41, 5.74) is 0.747. The van der Waals surface area contributed by atoms with Crippen molar-refractivity contribution in [2.75, 3.05) is 18.4 Å². The Kier molecular flexibility index (Phi) is 5.03. The van der Waals surface area contributed by atoms with E-state index in [1.807, 2.05) is 12.1 Å². The Labute approximate surface area is 120 Å². The highest BCUT2D eigenvalue weighted by Crippen LogP contribution is 2.25. The van der Waals surface area contributed by atoms with E-state index in [-0.39, 0.29) is 5.91 Å². The summed E-state index contributed by atoms with van der Waals surface area (Å²) < 4.78 is 0.832. The van der Waals surface area contributed by atoms with Gasteiger partial charge in [0.2, 0.25) is 5.91 Å². The second-order valence-corrected chi connectivity index (χ2v) is 5.86. The van der Waals surface area contributed by atoms with Gasteiger partial charge in [0.25, 0.3) is 0 Å². The van der Waals surface area contributed by atoms with Crippen LogP contribution in [0.3, 0.4) is 0 Å². The van der Waals surface area contributed by atoms with Crippen LogP contribution in [0.5, 0.6) is 0 Å². The van der Waals surface area contributed by atoms with Crippen LogP contribution < -0.4 is 10.6 Å². The molecule has 1 aromatic rings. The van der Waals surface area contributed by atoms with Crippen molar-refractivity contribution >= 4 is 39.1 Å². The van der Waals surface area contributed by atoms with E-state index in [1.54, 1.807) is 6.07 Å². The molecule has 1 aliphatic rings. The lowest BCUT2D eigenvalue weighted by molar-refractivity contribution is -0.117. The van der Waals surface area contributed by atoms with Gasteiger partial charge in [0.05, 0.1) is 5.02 Å². The maximum atomic E-state index is 11.9. The maximum absolute atomic E-state index is 11.9. The average molecular weight is 332 g/mol. The Bertz CT molecular complexity index is 433. The first-order valence-electron chi connectivity index (χ1n) is 6.11. The Hall–Kier alpha value is -0.580. The van der Waals surface area contributed by atoms with Crippen molar-refractivity contribution in [3.8, 4) is 0 Å². The highest BCUT2D eigenvalue weighted by Gasteiger charge is 2.16. The molecule has 1 fully saturated rings. The predicted molar refractivity (Wildman–Crippen MR) is 78.0 cm³/mol. The smallest absolute Gasteiger partial charge is 0.224 e. The number of rotatable bonds is 3. The number of anilines is 1. The molecular formula is C13H16BrClN2O. The number of carbonyl (C=O) groups excluding carboxylic acids is 1. The maximum Gasteiger partial charge on any atom is 0.224 e. The van der Waals surface area contributed by atoms with E-state index in [2.05, 4.69) is 26.6 Å². The minimum atomic E-state index is 0.0575. The lowest BCUT2D eigenvalue weighted by Gasteiger charge is -2.22. The molecule has 1 unspecified atom stereocenters. The fourth-order valence-electron chi connectivity index (χ4n) is 2.15. The highest BCUT2D eigenvalue weighted by atomic mass is 79.9. The molecule has 0 bridgehead atoms. The first-order chi connectivity index (χ1) is 8.65. The van der Waals surface area contributed by atoms with Gasteiger partial charge in [-0.25, -0.2) is 0 Å². The quantitative estimate of drug-likeness (QED) is 0.891. The summed E-state index contributed by atoms with van der Waals surface area (Å²) in [6, 6.07) is 5.43. The zero-order valence-corrected chi connectivity index (χ0v) is 12.4. The molecule has 1 aromatic carbocycles. The third-order valence-electron chi connectivity index (χ3n) is 3.08. The first kappa shape index (κ1) is 13.8. The molecule has 0 spiro atoms. The number of hydrogen-bond acceptors (Lipinski definition) is 2. The Balaban J connectivity index is 1.88. The number of amides is 1. The molecule has 0 saturated carbocycles. The van der Waals surface area contributed by atoms with Crippen molar-refractivity contribution in [1.82, 2.24) is 5.32 Å². The van der Waals surface area contributed by atoms with Crippen LogP contribution in [0.4, 0.5) is 5.69 Å². The highest BCUT2D eigenvalue weighted by molar-refractivity contribution is 9.10. The molecule has 1 amide bonds. The van der Waals surface area contributed by atoms with Crippen molar-refractivity contribution in [3.05, 3.63) is 27.7 Å². The van der Waals surface area contributed by atoms with Gasteiger partial charge in [-0.3, -0.25) is 4.79 Å². The molecule has 0 aromatic heterocycles. The van der Waals surface area contributed by atoms with Crippen molar-refractivity contribution in [2.45, 2.75) is 19.3 Å². The van der Waals surface area contributed by atoms with Crippen LogP contribution in [0.1, 0.15) is 19.3 Å². The summed E-state index contributed by atoms with van der Waals surface area (Å²) in [5, 5.41) is 6.80. The molecule has 5 heteroatoms. The molecule has 3 nitrogen and oxygen atoms in total. The second-order valence-electron chi connectivity index (χ2n) is 4.59. The molecule has 1 saturated heterocycles. The van der Waals surface area contributed by atoms with Crippen LogP contribution in [-0.2, 0) is 4.79 Å². The number of hydrogen-bond donors (Lipinski definition) is 2. The van der Waals surface area contributed by atoms with Crippen LogP contribution in [0.15, 0.2) is 22.7 Å². The van der Waals surface area contributed by atoms with E-state index in [0.717, 1.165) is 36.1 Å². The SMILES string of the molecule is O=C(CC1CCCNC1)Nc1ccc(Br)c(Cl)c1. The Morgan fingerprint density at radius 3 is 3.06 bits per heavy atom. The van der Waals surface area contributed by atoms with Gasteiger partial charge >= 0.3 is 0 Å². The zero-order valence-electron chi connectivity index (χ0n) is 10.0. The topological polar surface area (TPSA) is 41.1 Å². The standard InChI is InChI=1S/C13H16BrClN2O/c14-11-4-3-10(7-12(11)15)17-13(18)6-9-2-1-5-16-8-9/h3-4,7,9,16H,1-2,5-6,8H2,(H,17,18). The van der Waals surface area contributed by atoms with Crippen LogP contribution >= 0.6 is 27.5 Å². The number of piperidine rings is 1. The fourth-order valence-corrected chi connectivity index (χ4v) is 2.57. The van der Waals surface area contributed by atoms with Gasteiger partial charge in [0, 0.05) is 16.6 Å². The first-order valence-corrected chi connectivity index (χ1v) is 7.28. The van der Waals surface area contributed by atoms with E-state index >= 15 is 0 Å². The molecule has 2 rings (SSSR count). The Morgan fingerprint density at radius 1 is 1.56 bits per heavy atom. The van der Waals surface area contributed by atoms with Crippen LogP contribution in [0, 0.1) is 5.92 Å². The van der Waals surface area contributed by atoms with Gasteiger partial charge in [-0.15, -0.1) is 0 Å². The monoisotopic (exact) mass is 330 g/mol. The summed E-state index contributed by atoms with van der Waals surface area (Å²) in [6.45, 7) is 2.01. The summed E-state index contributed by atoms with van der Waals surface area (Å²) in [4.78, 5) is 11.9. The molecule has 18 heavy (non-hydrogen) atoms. The Morgan fingerprint density at radius 2 is 2.39 bits per heavy atom. The number of benzene rings is 1. The van der Waals surface area contributed by atoms with Crippen molar-refractivity contribution < 1.29 is 4.79 Å². The van der Waals surface area contributed by atoms with Gasteiger partial charge < -0.3 is 10.6 Å². The van der Waals surface area contributed by atoms with Crippen LogP contribution in [-0.4, -0.2) is 19.0 Å². The normalized spacial score (nSPS) is 19.6. The van der Waals surface area contributed by atoms with Gasteiger partial charge in [-0.2, -0.15) is 0 Å². The van der Waals surface area contributed by atoms with Gasteiger partial charge in [-0.05, 0) is 66.0 Å². The van der Waals surface area contributed by atoms with E-state index in [4.69, 9.17) is 11.6 Å². The summed E-state index contributed by atoms with van der Waals surface area (Å²) >= 11 is 9.30. The van der Waals surface area contributed by atoms with Crippen LogP contribution in [0.2, 0.25) is 5.02 Å². The second kappa shape index (κ2) is 6.55. The summed E-state index contributed by atoms with van der Waals surface area (Å²) in [7, 11) is 0. The van der Waals surface area contributed by atoms with Gasteiger partial charge in [0.15, 0.2) is 0 Å². The molecular weight excluding hydrogens is 316 g/mol. The number of halogens is 2. The molecule has 98 valence electrons. The van der Waals surface area contributed by atoms with E-state index in [1.165, 1.54) is 0 Å². The van der Waals surface area contributed by atoms with Gasteiger partial charge in [-0.1, -0.05) is 11.6 Å². The predicted octanol–water partition coefficient (Wildman–Crippen LogP) is 3.43. The molecule has 0 aliphatic carbocycles. The van der Waals surface area contributed by atoms with Gasteiger partial charge in [0.1, 0.15) is 0 Å². The lowest BCUT2D eigenvalue weighted by atomic mass is 9.96. The van der Waals surface area contributed by atoms with E-state index < -0.39 is 0 Å². The van der Waals surface area contributed by atoms with E-state index in [9.17, 15) is 4.79 Å². The average Bonchev–Trinajstić information content (AvgIpc) is 2.35. The van der Waals surface area contributed by atoms with Crippen molar-refractivity contribution in [1.29, 1.82) is 0 Å². The molecule has 1 heterocycles. The fraction of sp³-hybridized carbons (Fsp3) is 0.462. The minimum Gasteiger partial charge on any atom is -0.326 e. The molecule has 1 aliphatic heterocycles. The van der Waals surface area contributed by atoms with Crippen molar-refractivity contribution in [3.63, 3.8) is 0 Å². The largest absolute Gasteiger partial charge is 0.326 e. The summed E-state index contributed by atoms with van der Waals surface area (Å²) in [6.07, 6.45) is 2.85. The molecule has 1 atom stereocenters. The van der Waals surface area contributed by atoms with E-state index in [0.29, 0.717) is 17.4 Å². The molecule has 0 radical (unpaired) electrons. The lowest BCUT2D eigenvalue weighted by Crippen LogP contribution is -2.32.